The molecule has 152 valence electrons. The minimum absolute atomic E-state index is 0.174. The summed E-state index contributed by atoms with van der Waals surface area (Å²) in [6, 6.07) is 15.5. The molecule has 7 heteroatoms. The van der Waals surface area contributed by atoms with Gasteiger partial charge < -0.3 is 14.0 Å². The zero-order valence-electron chi connectivity index (χ0n) is 16.5. The lowest BCUT2D eigenvalue weighted by Gasteiger charge is -2.29. The molecule has 0 radical (unpaired) electrons. The van der Waals surface area contributed by atoms with Crippen molar-refractivity contribution < 1.29 is 19.5 Å². The van der Waals surface area contributed by atoms with Crippen LogP contribution in [0.1, 0.15) is 15.9 Å². The van der Waals surface area contributed by atoms with Crippen molar-refractivity contribution in [2.24, 2.45) is 0 Å². The molecule has 1 aliphatic rings. The Morgan fingerprint density at radius 1 is 1.14 bits per heavy atom. The molecule has 1 saturated heterocycles. The maximum Gasteiger partial charge on any atom is 0.278 e. The Kier molecular flexibility index (Phi) is 5.80. The molecule has 0 atom stereocenters. The van der Waals surface area contributed by atoms with Crippen LogP contribution in [0.15, 0.2) is 54.7 Å². The van der Waals surface area contributed by atoms with E-state index in [2.05, 4.69) is 4.57 Å². The molecule has 2 heterocycles. The van der Waals surface area contributed by atoms with Gasteiger partial charge in [0, 0.05) is 36.9 Å². The van der Waals surface area contributed by atoms with Crippen molar-refractivity contribution >= 4 is 16.8 Å². The van der Waals surface area contributed by atoms with Crippen LogP contribution in [-0.2, 0) is 11.3 Å². The van der Waals surface area contributed by atoms with E-state index in [1.165, 1.54) is 0 Å². The standard InChI is InChI=1S/C22H25N3O4/c1-28-20-6-2-17(3-7-20)15-24-9-8-18-4-5-19(14-21(18)24)22(26)25(27)16-23-10-12-29-13-11-23/h2-9,14,27H,10-13,15-16H2,1H3. The molecule has 1 amide bonds. The Hall–Kier alpha value is -2.87. The molecule has 7 nitrogen and oxygen atoms in total. The highest BCUT2D eigenvalue weighted by Gasteiger charge is 2.19. The number of rotatable bonds is 6. The van der Waals surface area contributed by atoms with Crippen LogP contribution in [0.5, 0.6) is 5.75 Å². The number of hydroxylamine groups is 2. The Morgan fingerprint density at radius 3 is 2.62 bits per heavy atom. The molecule has 1 fully saturated rings. The molecule has 0 bridgehead atoms. The first-order valence-corrected chi connectivity index (χ1v) is 9.67. The summed E-state index contributed by atoms with van der Waals surface area (Å²) in [5, 5.41) is 12.1. The summed E-state index contributed by atoms with van der Waals surface area (Å²) in [4.78, 5) is 14.7. The largest absolute Gasteiger partial charge is 0.497 e. The second kappa shape index (κ2) is 8.65. The van der Waals surface area contributed by atoms with Crippen LogP contribution in [-0.4, -0.2) is 65.7 Å². The predicted molar refractivity (Wildman–Crippen MR) is 109 cm³/mol. The van der Waals surface area contributed by atoms with E-state index in [1.807, 2.05) is 53.6 Å². The third-order valence-electron chi connectivity index (χ3n) is 5.20. The molecule has 4 rings (SSSR count). The number of hydrogen-bond acceptors (Lipinski definition) is 5. The van der Waals surface area contributed by atoms with Crippen LogP contribution in [0, 0.1) is 0 Å². The average molecular weight is 395 g/mol. The van der Waals surface area contributed by atoms with Gasteiger partial charge in [0.2, 0.25) is 0 Å². The van der Waals surface area contributed by atoms with Gasteiger partial charge in [-0.2, -0.15) is 0 Å². The highest BCUT2D eigenvalue weighted by molar-refractivity contribution is 5.97. The lowest BCUT2D eigenvalue weighted by Crippen LogP contribution is -2.44. The predicted octanol–water partition coefficient (Wildman–Crippen LogP) is 2.82. The van der Waals surface area contributed by atoms with Gasteiger partial charge in [0.25, 0.3) is 5.91 Å². The molecule has 3 aromatic rings. The van der Waals surface area contributed by atoms with Crippen molar-refractivity contribution in [2.75, 3.05) is 40.1 Å². The number of aromatic nitrogens is 1. The second-order valence-electron chi connectivity index (χ2n) is 7.14. The number of ether oxygens (including phenoxy) is 2. The zero-order valence-corrected chi connectivity index (χ0v) is 16.5. The number of methoxy groups -OCH3 is 1. The van der Waals surface area contributed by atoms with E-state index in [0.717, 1.165) is 27.3 Å². The Labute approximate surface area is 169 Å². The van der Waals surface area contributed by atoms with Crippen LogP contribution >= 0.6 is 0 Å². The van der Waals surface area contributed by atoms with E-state index in [-0.39, 0.29) is 6.67 Å². The highest BCUT2D eigenvalue weighted by Crippen LogP contribution is 2.21. The first-order chi connectivity index (χ1) is 14.1. The van der Waals surface area contributed by atoms with Crippen LogP contribution in [0.4, 0.5) is 0 Å². The van der Waals surface area contributed by atoms with Crippen molar-refractivity contribution in [1.82, 2.24) is 14.5 Å². The normalized spacial score (nSPS) is 14.8. The zero-order chi connectivity index (χ0) is 20.2. The number of fused-ring (bicyclic) bond motifs is 1. The fraction of sp³-hybridized carbons (Fsp3) is 0.318. The van der Waals surface area contributed by atoms with E-state index in [1.54, 1.807) is 13.2 Å². The van der Waals surface area contributed by atoms with Crippen molar-refractivity contribution in [3.8, 4) is 5.75 Å². The fourth-order valence-electron chi connectivity index (χ4n) is 3.53. The lowest BCUT2D eigenvalue weighted by molar-refractivity contribution is -0.103. The van der Waals surface area contributed by atoms with Gasteiger partial charge in [0.15, 0.2) is 0 Å². The van der Waals surface area contributed by atoms with Crippen molar-refractivity contribution in [3.05, 3.63) is 65.9 Å². The number of hydrogen-bond donors (Lipinski definition) is 1. The van der Waals surface area contributed by atoms with Gasteiger partial charge >= 0.3 is 0 Å². The van der Waals surface area contributed by atoms with Gasteiger partial charge in [-0.25, -0.2) is 5.06 Å². The number of benzene rings is 2. The number of amides is 1. The first kappa shape index (κ1) is 19.4. The van der Waals surface area contributed by atoms with Gasteiger partial charge in [-0.15, -0.1) is 0 Å². The highest BCUT2D eigenvalue weighted by atomic mass is 16.5. The summed E-state index contributed by atoms with van der Waals surface area (Å²) in [5.41, 5.74) is 2.55. The van der Waals surface area contributed by atoms with Crippen LogP contribution in [0.3, 0.4) is 0 Å². The summed E-state index contributed by atoms with van der Waals surface area (Å²) < 4.78 is 12.6. The van der Waals surface area contributed by atoms with Gasteiger partial charge in [-0.05, 0) is 41.3 Å². The van der Waals surface area contributed by atoms with Gasteiger partial charge in [-0.1, -0.05) is 18.2 Å². The van der Waals surface area contributed by atoms with Crippen LogP contribution in [0.25, 0.3) is 10.9 Å². The van der Waals surface area contributed by atoms with Gasteiger partial charge in [-0.3, -0.25) is 14.9 Å². The van der Waals surface area contributed by atoms with Crippen LogP contribution < -0.4 is 4.74 Å². The molecule has 29 heavy (non-hydrogen) atoms. The summed E-state index contributed by atoms with van der Waals surface area (Å²) >= 11 is 0. The number of nitrogens with zero attached hydrogens (tertiary/aromatic N) is 3. The summed E-state index contributed by atoms with van der Waals surface area (Å²) in [6.45, 7) is 3.50. The third kappa shape index (κ3) is 4.42. The smallest absolute Gasteiger partial charge is 0.278 e. The van der Waals surface area contributed by atoms with E-state index in [0.29, 0.717) is 38.4 Å². The van der Waals surface area contributed by atoms with Crippen molar-refractivity contribution in [1.29, 1.82) is 0 Å². The van der Waals surface area contributed by atoms with E-state index in [9.17, 15) is 10.0 Å². The minimum atomic E-state index is -0.407. The molecule has 0 spiro atoms. The molecule has 0 unspecified atom stereocenters. The number of carbonyl (C=O) groups is 1. The minimum Gasteiger partial charge on any atom is -0.497 e. The third-order valence-corrected chi connectivity index (χ3v) is 5.20. The molecular formula is C22H25N3O4. The van der Waals surface area contributed by atoms with Crippen LogP contribution in [0.2, 0.25) is 0 Å². The van der Waals surface area contributed by atoms with Gasteiger partial charge in [0.05, 0.1) is 20.3 Å². The SMILES string of the molecule is COc1ccc(Cn2ccc3ccc(C(=O)N(O)CN4CCOCC4)cc32)cc1. The molecule has 2 aromatic carbocycles. The number of carbonyl (C=O) groups excluding carboxylic acids is 1. The Morgan fingerprint density at radius 2 is 1.90 bits per heavy atom. The van der Waals surface area contributed by atoms with Crippen molar-refractivity contribution in [2.45, 2.75) is 6.54 Å². The molecule has 1 N–H and O–H groups in total. The Balaban J connectivity index is 1.51. The molecule has 0 saturated carbocycles. The second-order valence-corrected chi connectivity index (χ2v) is 7.14. The summed E-state index contributed by atoms with van der Waals surface area (Å²) in [6.07, 6.45) is 2.01. The summed E-state index contributed by atoms with van der Waals surface area (Å²) in [7, 11) is 1.65. The molecular weight excluding hydrogens is 370 g/mol. The number of morpholine rings is 1. The summed E-state index contributed by atoms with van der Waals surface area (Å²) in [5.74, 6) is 0.415. The maximum absolute atomic E-state index is 12.7. The molecule has 0 aliphatic carbocycles. The maximum atomic E-state index is 12.7. The molecule has 1 aromatic heterocycles. The monoisotopic (exact) mass is 395 g/mol. The topological polar surface area (TPSA) is 67.2 Å². The average Bonchev–Trinajstić information content (AvgIpc) is 3.16. The quantitative estimate of drug-likeness (QED) is 0.514. The van der Waals surface area contributed by atoms with E-state index >= 15 is 0 Å². The van der Waals surface area contributed by atoms with E-state index in [4.69, 9.17) is 9.47 Å². The van der Waals surface area contributed by atoms with Gasteiger partial charge in [0.1, 0.15) is 12.4 Å². The first-order valence-electron chi connectivity index (χ1n) is 9.67. The fourth-order valence-corrected chi connectivity index (χ4v) is 3.53. The lowest BCUT2D eigenvalue weighted by atomic mass is 10.1. The van der Waals surface area contributed by atoms with Crippen molar-refractivity contribution in [3.63, 3.8) is 0 Å². The molecule has 1 aliphatic heterocycles. The Bertz CT molecular complexity index is 977. The van der Waals surface area contributed by atoms with E-state index < -0.39 is 5.91 Å².